The summed E-state index contributed by atoms with van der Waals surface area (Å²) >= 11 is 0. The van der Waals surface area contributed by atoms with Crippen molar-refractivity contribution in [3.8, 4) is 17.4 Å². The van der Waals surface area contributed by atoms with Crippen LogP contribution in [-0.2, 0) is 4.74 Å². The summed E-state index contributed by atoms with van der Waals surface area (Å²) in [6, 6.07) is 5.26. The molecular weight excluding hydrogens is 448 g/mol. The van der Waals surface area contributed by atoms with Gasteiger partial charge in [0.2, 0.25) is 5.88 Å². The number of amides is 1. The molecule has 35 heavy (non-hydrogen) atoms. The molecule has 0 unspecified atom stereocenters. The fourth-order valence-electron chi connectivity index (χ4n) is 4.24. The van der Waals surface area contributed by atoms with Gasteiger partial charge in [-0.25, -0.2) is 4.98 Å². The first-order valence-electron chi connectivity index (χ1n) is 11.7. The lowest BCUT2D eigenvalue weighted by Gasteiger charge is -2.27. The quantitative estimate of drug-likeness (QED) is 0.479. The van der Waals surface area contributed by atoms with Crippen LogP contribution in [0.3, 0.4) is 0 Å². The van der Waals surface area contributed by atoms with Gasteiger partial charge in [0.1, 0.15) is 17.8 Å². The summed E-state index contributed by atoms with van der Waals surface area (Å²) < 4.78 is 21.6. The average molecular weight is 481 g/mol. The zero-order chi connectivity index (χ0) is 24.6. The minimum Gasteiger partial charge on any atom is -0.497 e. The molecule has 4 rings (SSSR count). The number of rotatable bonds is 10. The van der Waals surface area contributed by atoms with Gasteiger partial charge in [-0.3, -0.25) is 14.7 Å². The fraction of sp³-hybridized carbons (Fsp3) is 0.423. The van der Waals surface area contributed by atoms with Gasteiger partial charge in [-0.15, -0.1) is 0 Å². The number of carbonyl (C=O) groups excluding carboxylic acids is 1. The van der Waals surface area contributed by atoms with Crippen molar-refractivity contribution in [2.45, 2.75) is 19.3 Å². The molecule has 2 aromatic rings. The van der Waals surface area contributed by atoms with Crippen LogP contribution in [0.5, 0.6) is 17.4 Å². The van der Waals surface area contributed by atoms with Gasteiger partial charge in [0.05, 0.1) is 50.2 Å². The first-order valence-corrected chi connectivity index (χ1v) is 11.7. The van der Waals surface area contributed by atoms with E-state index >= 15 is 0 Å². The van der Waals surface area contributed by atoms with E-state index in [9.17, 15) is 4.79 Å². The zero-order valence-corrected chi connectivity index (χ0v) is 20.5. The predicted octanol–water partition coefficient (Wildman–Crippen LogP) is 3.39. The Balaban J connectivity index is 1.33. The molecule has 9 heteroatoms. The SMILES string of the molecule is COCC1=COc2ccc(OC)cc2C(=O)N1CCCCN1CC=C(c2cncc(OC)n2)CC1. The van der Waals surface area contributed by atoms with Gasteiger partial charge >= 0.3 is 0 Å². The summed E-state index contributed by atoms with van der Waals surface area (Å²) in [5, 5.41) is 0. The third-order valence-corrected chi connectivity index (χ3v) is 6.17. The maximum atomic E-state index is 13.4. The molecule has 1 aromatic heterocycles. The van der Waals surface area contributed by atoms with Crippen molar-refractivity contribution >= 4 is 11.5 Å². The van der Waals surface area contributed by atoms with Crippen LogP contribution in [0, 0.1) is 0 Å². The highest BCUT2D eigenvalue weighted by Gasteiger charge is 2.26. The molecule has 0 fully saturated rings. The van der Waals surface area contributed by atoms with E-state index in [0.717, 1.165) is 44.6 Å². The molecule has 0 spiro atoms. The van der Waals surface area contributed by atoms with E-state index in [4.69, 9.17) is 18.9 Å². The number of nitrogens with zero attached hydrogens (tertiary/aromatic N) is 4. The highest BCUT2D eigenvalue weighted by atomic mass is 16.5. The van der Waals surface area contributed by atoms with Crippen molar-refractivity contribution in [1.82, 2.24) is 19.8 Å². The molecule has 186 valence electrons. The third-order valence-electron chi connectivity index (χ3n) is 6.17. The van der Waals surface area contributed by atoms with Crippen LogP contribution < -0.4 is 14.2 Å². The van der Waals surface area contributed by atoms with Gasteiger partial charge in [0.15, 0.2) is 0 Å². The summed E-state index contributed by atoms with van der Waals surface area (Å²) in [5.41, 5.74) is 3.27. The van der Waals surface area contributed by atoms with Gasteiger partial charge in [-0.1, -0.05) is 6.08 Å². The van der Waals surface area contributed by atoms with E-state index in [1.54, 1.807) is 63.1 Å². The van der Waals surface area contributed by atoms with Gasteiger partial charge < -0.3 is 23.8 Å². The molecule has 9 nitrogen and oxygen atoms in total. The zero-order valence-electron chi connectivity index (χ0n) is 20.5. The molecule has 0 saturated heterocycles. The lowest BCUT2D eigenvalue weighted by atomic mass is 10.0. The van der Waals surface area contributed by atoms with Crippen LogP contribution in [0.1, 0.15) is 35.3 Å². The molecule has 2 aliphatic heterocycles. The fourth-order valence-corrected chi connectivity index (χ4v) is 4.24. The number of aromatic nitrogens is 2. The van der Waals surface area contributed by atoms with Gasteiger partial charge in [0, 0.05) is 26.7 Å². The summed E-state index contributed by atoms with van der Waals surface area (Å²) in [4.78, 5) is 26.2. The maximum absolute atomic E-state index is 13.4. The third kappa shape index (κ3) is 5.98. The number of ether oxygens (including phenoxy) is 4. The lowest BCUT2D eigenvalue weighted by Crippen LogP contribution is -2.33. The molecule has 3 heterocycles. The van der Waals surface area contributed by atoms with Crippen LogP contribution in [0.2, 0.25) is 0 Å². The highest BCUT2D eigenvalue weighted by Crippen LogP contribution is 2.30. The molecule has 0 N–H and O–H groups in total. The second-order valence-corrected chi connectivity index (χ2v) is 8.41. The van der Waals surface area contributed by atoms with E-state index in [0.29, 0.717) is 41.8 Å². The number of benzene rings is 1. The van der Waals surface area contributed by atoms with Crippen molar-refractivity contribution in [3.05, 3.63) is 59.9 Å². The molecule has 0 bridgehead atoms. The molecule has 0 atom stereocenters. The van der Waals surface area contributed by atoms with Crippen LogP contribution in [-0.4, -0.2) is 79.8 Å². The minimum absolute atomic E-state index is 0.107. The Kier molecular flexibility index (Phi) is 8.33. The number of carbonyl (C=O) groups is 1. The Labute approximate surface area is 206 Å². The van der Waals surface area contributed by atoms with E-state index in [2.05, 4.69) is 20.9 Å². The maximum Gasteiger partial charge on any atom is 0.262 e. The van der Waals surface area contributed by atoms with Crippen molar-refractivity contribution < 1.29 is 23.7 Å². The predicted molar refractivity (Wildman–Crippen MR) is 131 cm³/mol. The van der Waals surface area contributed by atoms with Gasteiger partial charge in [-0.05, 0) is 49.6 Å². The summed E-state index contributed by atoms with van der Waals surface area (Å²) in [7, 11) is 4.79. The molecule has 0 aliphatic carbocycles. The van der Waals surface area contributed by atoms with Crippen molar-refractivity contribution in [3.63, 3.8) is 0 Å². The molecule has 0 radical (unpaired) electrons. The average Bonchev–Trinajstić information content (AvgIpc) is 3.03. The van der Waals surface area contributed by atoms with Crippen molar-refractivity contribution in [1.29, 1.82) is 0 Å². The Morgan fingerprint density at radius 2 is 1.94 bits per heavy atom. The monoisotopic (exact) mass is 480 g/mol. The topological polar surface area (TPSA) is 86.3 Å². The first kappa shape index (κ1) is 24.7. The van der Waals surface area contributed by atoms with Crippen LogP contribution in [0.4, 0.5) is 0 Å². The second-order valence-electron chi connectivity index (χ2n) is 8.41. The van der Waals surface area contributed by atoms with Crippen LogP contribution in [0.15, 0.2) is 48.6 Å². The van der Waals surface area contributed by atoms with Gasteiger partial charge in [0.25, 0.3) is 5.91 Å². The number of hydrogen-bond donors (Lipinski definition) is 0. The summed E-state index contributed by atoms with van der Waals surface area (Å²) in [6.07, 6.45) is 9.97. The van der Waals surface area contributed by atoms with Crippen LogP contribution in [0.25, 0.3) is 5.57 Å². The van der Waals surface area contributed by atoms with E-state index < -0.39 is 0 Å². The highest BCUT2D eigenvalue weighted by molar-refractivity contribution is 5.98. The molecular formula is C26H32N4O5. The molecule has 1 amide bonds. The Morgan fingerprint density at radius 1 is 1.09 bits per heavy atom. The molecule has 0 saturated carbocycles. The molecule has 2 aliphatic rings. The summed E-state index contributed by atoms with van der Waals surface area (Å²) in [6.45, 7) is 3.67. The standard InChI is InChI=1S/C26H32N4O5/c1-32-17-20-18-35-24-7-6-21(33-2)14-22(24)26(31)30(20)11-5-4-10-29-12-8-19(9-13-29)23-15-27-16-25(28-23)34-3/h6-8,14-16,18H,4-5,9-13,17H2,1-3H3. The van der Waals surface area contributed by atoms with Crippen molar-refractivity contribution in [2.24, 2.45) is 0 Å². The smallest absolute Gasteiger partial charge is 0.262 e. The van der Waals surface area contributed by atoms with Crippen molar-refractivity contribution in [2.75, 3.05) is 54.1 Å². The normalized spacial score (nSPS) is 16.1. The summed E-state index contributed by atoms with van der Waals surface area (Å²) in [5.74, 6) is 1.56. The van der Waals surface area contributed by atoms with E-state index in [1.807, 2.05) is 0 Å². The second kappa shape index (κ2) is 11.8. The Hall–Kier alpha value is -3.43. The Morgan fingerprint density at radius 3 is 2.69 bits per heavy atom. The number of unbranched alkanes of at least 4 members (excludes halogenated alkanes) is 1. The first-order chi connectivity index (χ1) is 17.1. The van der Waals surface area contributed by atoms with Gasteiger partial charge in [-0.2, -0.15) is 0 Å². The lowest BCUT2D eigenvalue weighted by molar-refractivity contribution is 0.0771. The number of fused-ring (bicyclic) bond motifs is 1. The van der Waals surface area contributed by atoms with E-state index in [1.165, 1.54) is 5.57 Å². The largest absolute Gasteiger partial charge is 0.497 e. The van der Waals surface area contributed by atoms with Crippen LogP contribution >= 0.6 is 0 Å². The molecule has 1 aromatic carbocycles. The Bertz CT molecular complexity index is 1100. The van der Waals surface area contributed by atoms with E-state index in [-0.39, 0.29) is 5.91 Å². The number of hydrogen-bond acceptors (Lipinski definition) is 8. The minimum atomic E-state index is -0.107. The number of methoxy groups -OCH3 is 3.